The fraction of sp³-hybridized carbons (Fsp3) is 0.533. The maximum Gasteiger partial charge on any atom is 0.254 e. The SMILES string of the molecule is CC1CCC(NC(=O)c2ccccc2F)CC1C. The molecule has 1 saturated carbocycles. The number of nitrogens with one attached hydrogen (secondary N) is 1. The van der Waals surface area contributed by atoms with Crippen molar-refractivity contribution in [3.8, 4) is 0 Å². The fourth-order valence-electron chi connectivity index (χ4n) is 2.59. The van der Waals surface area contributed by atoms with E-state index in [2.05, 4.69) is 19.2 Å². The standard InChI is InChI=1S/C15H20FNO/c1-10-7-8-12(9-11(10)2)17-15(18)13-5-3-4-6-14(13)16/h3-6,10-12H,7-9H2,1-2H3,(H,17,18). The lowest BCUT2D eigenvalue weighted by Gasteiger charge is -2.32. The van der Waals surface area contributed by atoms with Gasteiger partial charge in [-0.2, -0.15) is 0 Å². The number of carbonyl (C=O) groups excluding carboxylic acids is 1. The van der Waals surface area contributed by atoms with Crippen LogP contribution in [-0.4, -0.2) is 11.9 Å². The third kappa shape index (κ3) is 2.89. The van der Waals surface area contributed by atoms with Crippen molar-refractivity contribution in [2.24, 2.45) is 11.8 Å². The largest absolute Gasteiger partial charge is 0.349 e. The van der Waals surface area contributed by atoms with Gasteiger partial charge >= 0.3 is 0 Å². The zero-order valence-corrected chi connectivity index (χ0v) is 10.9. The molecular formula is C15H20FNO. The molecule has 1 aliphatic carbocycles. The summed E-state index contributed by atoms with van der Waals surface area (Å²) in [5.41, 5.74) is 0.142. The van der Waals surface area contributed by atoms with Crippen LogP contribution in [-0.2, 0) is 0 Å². The first-order valence-corrected chi connectivity index (χ1v) is 6.63. The van der Waals surface area contributed by atoms with Crippen LogP contribution in [0.25, 0.3) is 0 Å². The minimum atomic E-state index is -0.452. The Bertz CT molecular complexity index is 432. The average Bonchev–Trinajstić information content (AvgIpc) is 2.34. The third-order valence-corrected chi connectivity index (χ3v) is 4.05. The summed E-state index contributed by atoms with van der Waals surface area (Å²) in [6.45, 7) is 4.46. The molecule has 0 heterocycles. The molecule has 1 N–H and O–H groups in total. The van der Waals surface area contributed by atoms with Gasteiger partial charge in [0.15, 0.2) is 0 Å². The Morgan fingerprint density at radius 1 is 1.22 bits per heavy atom. The summed E-state index contributed by atoms with van der Waals surface area (Å²) in [4.78, 5) is 12.0. The van der Waals surface area contributed by atoms with Gasteiger partial charge in [0.25, 0.3) is 5.91 Å². The Morgan fingerprint density at radius 2 is 1.94 bits per heavy atom. The Kier molecular flexibility index (Phi) is 4.00. The van der Waals surface area contributed by atoms with Crippen LogP contribution in [0.3, 0.4) is 0 Å². The summed E-state index contributed by atoms with van der Waals surface area (Å²) in [5, 5.41) is 2.95. The third-order valence-electron chi connectivity index (χ3n) is 4.05. The van der Waals surface area contributed by atoms with Gasteiger partial charge in [-0.05, 0) is 43.2 Å². The molecule has 3 unspecified atom stereocenters. The molecule has 0 saturated heterocycles. The molecule has 1 aromatic carbocycles. The number of hydrogen-bond acceptors (Lipinski definition) is 1. The topological polar surface area (TPSA) is 29.1 Å². The van der Waals surface area contributed by atoms with Gasteiger partial charge in [0.2, 0.25) is 0 Å². The Morgan fingerprint density at radius 3 is 2.61 bits per heavy atom. The molecule has 18 heavy (non-hydrogen) atoms. The van der Waals surface area contributed by atoms with Gasteiger partial charge in [-0.3, -0.25) is 4.79 Å². The fourth-order valence-corrected chi connectivity index (χ4v) is 2.59. The van der Waals surface area contributed by atoms with Crippen molar-refractivity contribution >= 4 is 5.91 Å². The zero-order chi connectivity index (χ0) is 13.1. The summed E-state index contributed by atoms with van der Waals surface area (Å²) in [6.07, 6.45) is 3.11. The van der Waals surface area contributed by atoms with Crippen molar-refractivity contribution in [3.05, 3.63) is 35.6 Å². The van der Waals surface area contributed by atoms with Crippen LogP contribution in [0.4, 0.5) is 4.39 Å². The Hall–Kier alpha value is -1.38. The highest BCUT2D eigenvalue weighted by Gasteiger charge is 2.26. The highest BCUT2D eigenvalue weighted by atomic mass is 19.1. The van der Waals surface area contributed by atoms with Crippen molar-refractivity contribution in [3.63, 3.8) is 0 Å². The van der Waals surface area contributed by atoms with Crippen LogP contribution in [0.1, 0.15) is 43.5 Å². The van der Waals surface area contributed by atoms with Crippen LogP contribution >= 0.6 is 0 Å². The summed E-state index contributed by atoms with van der Waals surface area (Å²) < 4.78 is 13.5. The first kappa shape index (κ1) is 13.1. The minimum Gasteiger partial charge on any atom is -0.349 e. The minimum absolute atomic E-state index is 0.142. The van der Waals surface area contributed by atoms with E-state index in [1.807, 2.05) is 0 Å². The van der Waals surface area contributed by atoms with E-state index in [1.54, 1.807) is 12.1 Å². The number of hydrogen-bond donors (Lipinski definition) is 1. The lowest BCUT2D eigenvalue weighted by molar-refractivity contribution is 0.0906. The van der Waals surface area contributed by atoms with Crippen LogP contribution in [0.5, 0.6) is 0 Å². The average molecular weight is 249 g/mol. The number of rotatable bonds is 2. The highest BCUT2D eigenvalue weighted by molar-refractivity contribution is 5.94. The van der Waals surface area contributed by atoms with Gasteiger partial charge in [0.05, 0.1) is 5.56 Å². The molecular weight excluding hydrogens is 229 g/mol. The van der Waals surface area contributed by atoms with Crippen LogP contribution < -0.4 is 5.32 Å². The molecule has 2 nitrogen and oxygen atoms in total. The maximum absolute atomic E-state index is 13.5. The molecule has 2 rings (SSSR count). The van der Waals surface area contributed by atoms with Gasteiger partial charge in [-0.25, -0.2) is 4.39 Å². The van der Waals surface area contributed by atoms with Crippen LogP contribution in [0, 0.1) is 17.7 Å². The summed E-state index contributed by atoms with van der Waals surface area (Å²) >= 11 is 0. The summed E-state index contributed by atoms with van der Waals surface area (Å²) in [7, 11) is 0. The van der Waals surface area contributed by atoms with Gasteiger partial charge in [0, 0.05) is 6.04 Å². The number of amides is 1. The van der Waals surface area contributed by atoms with E-state index < -0.39 is 5.82 Å². The lowest BCUT2D eigenvalue weighted by atomic mass is 9.79. The van der Waals surface area contributed by atoms with Crippen molar-refractivity contribution in [2.75, 3.05) is 0 Å². The molecule has 0 bridgehead atoms. The molecule has 1 fully saturated rings. The van der Waals surface area contributed by atoms with Crippen molar-refractivity contribution in [2.45, 2.75) is 39.2 Å². The van der Waals surface area contributed by atoms with E-state index in [4.69, 9.17) is 0 Å². The van der Waals surface area contributed by atoms with Gasteiger partial charge in [-0.15, -0.1) is 0 Å². The predicted molar refractivity (Wildman–Crippen MR) is 69.8 cm³/mol. The van der Waals surface area contributed by atoms with E-state index in [0.717, 1.165) is 19.3 Å². The van der Waals surface area contributed by atoms with E-state index >= 15 is 0 Å². The molecule has 0 radical (unpaired) electrons. The van der Waals surface area contributed by atoms with E-state index in [0.29, 0.717) is 11.8 Å². The maximum atomic E-state index is 13.5. The first-order valence-electron chi connectivity index (χ1n) is 6.63. The van der Waals surface area contributed by atoms with Crippen LogP contribution in [0.2, 0.25) is 0 Å². The molecule has 1 aromatic rings. The van der Waals surface area contributed by atoms with E-state index in [-0.39, 0.29) is 17.5 Å². The second-order valence-electron chi connectivity index (χ2n) is 5.42. The summed E-state index contributed by atoms with van der Waals surface area (Å²) in [6, 6.07) is 6.31. The van der Waals surface area contributed by atoms with E-state index in [1.165, 1.54) is 12.1 Å². The molecule has 0 aliphatic heterocycles. The van der Waals surface area contributed by atoms with Gasteiger partial charge in [-0.1, -0.05) is 26.0 Å². The molecule has 3 atom stereocenters. The number of carbonyl (C=O) groups is 1. The van der Waals surface area contributed by atoms with Crippen LogP contribution in [0.15, 0.2) is 24.3 Å². The van der Waals surface area contributed by atoms with Gasteiger partial charge in [0.1, 0.15) is 5.82 Å². The Balaban J connectivity index is 1.98. The van der Waals surface area contributed by atoms with Crippen molar-refractivity contribution < 1.29 is 9.18 Å². The monoisotopic (exact) mass is 249 g/mol. The molecule has 1 amide bonds. The first-order chi connectivity index (χ1) is 8.58. The van der Waals surface area contributed by atoms with E-state index in [9.17, 15) is 9.18 Å². The number of benzene rings is 1. The zero-order valence-electron chi connectivity index (χ0n) is 10.9. The predicted octanol–water partition coefficient (Wildman–Crippen LogP) is 3.38. The molecule has 0 aromatic heterocycles. The molecule has 3 heteroatoms. The molecule has 1 aliphatic rings. The lowest BCUT2D eigenvalue weighted by Crippen LogP contribution is -2.40. The van der Waals surface area contributed by atoms with Crippen molar-refractivity contribution in [1.29, 1.82) is 0 Å². The second kappa shape index (κ2) is 5.51. The molecule has 0 spiro atoms. The number of halogens is 1. The second-order valence-corrected chi connectivity index (χ2v) is 5.42. The smallest absolute Gasteiger partial charge is 0.254 e. The highest BCUT2D eigenvalue weighted by Crippen LogP contribution is 2.29. The van der Waals surface area contributed by atoms with Crippen molar-refractivity contribution in [1.82, 2.24) is 5.32 Å². The quantitative estimate of drug-likeness (QED) is 0.855. The van der Waals surface area contributed by atoms with Gasteiger partial charge < -0.3 is 5.32 Å². The Labute approximate surface area is 108 Å². The normalized spacial score (nSPS) is 27.8. The molecule has 98 valence electrons. The summed E-state index contributed by atoms with van der Waals surface area (Å²) in [5.74, 6) is 0.586.